The molecule has 4 heteroatoms. The van der Waals surface area contributed by atoms with Gasteiger partial charge in [-0.1, -0.05) is 13.0 Å². The first kappa shape index (κ1) is 11.1. The van der Waals surface area contributed by atoms with Gasteiger partial charge in [0.25, 0.3) is 0 Å². The molecule has 2 atom stereocenters. The molecular weight excluding hydrogens is 202 g/mol. The van der Waals surface area contributed by atoms with Crippen molar-refractivity contribution in [3.05, 3.63) is 24.4 Å². The number of nitrogens with one attached hydrogen (secondary N) is 2. The molecule has 1 aromatic heterocycles. The topological polar surface area (TPSA) is 54.0 Å². The zero-order valence-electron chi connectivity index (χ0n) is 9.44. The molecule has 4 nitrogen and oxygen atoms in total. The summed E-state index contributed by atoms with van der Waals surface area (Å²) < 4.78 is 0. The summed E-state index contributed by atoms with van der Waals surface area (Å²) in [6.45, 7) is 3.10. The van der Waals surface area contributed by atoms with Gasteiger partial charge < -0.3 is 10.6 Å². The monoisotopic (exact) mass is 219 g/mol. The molecule has 1 aliphatic heterocycles. The van der Waals surface area contributed by atoms with Gasteiger partial charge in [0.1, 0.15) is 5.82 Å². The molecule has 0 saturated carbocycles. The Labute approximate surface area is 95.5 Å². The van der Waals surface area contributed by atoms with Gasteiger partial charge in [-0.25, -0.2) is 4.98 Å². The van der Waals surface area contributed by atoms with E-state index in [9.17, 15) is 4.79 Å². The second-order valence-corrected chi connectivity index (χ2v) is 4.34. The molecule has 0 radical (unpaired) electrons. The molecule has 1 amide bonds. The van der Waals surface area contributed by atoms with Crippen LogP contribution in [0.4, 0.5) is 5.82 Å². The summed E-state index contributed by atoms with van der Waals surface area (Å²) in [5.74, 6) is 1.25. The third-order valence-electron chi connectivity index (χ3n) is 2.90. The van der Waals surface area contributed by atoms with Crippen LogP contribution in [0.5, 0.6) is 0 Å². The van der Waals surface area contributed by atoms with E-state index in [1.807, 2.05) is 12.1 Å². The third kappa shape index (κ3) is 2.79. The second kappa shape index (κ2) is 5.07. The molecule has 0 aliphatic carbocycles. The average molecular weight is 219 g/mol. The highest BCUT2D eigenvalue weighted by molar-refractivity contribution is 5.94. The Morgan fingerprint density at radius 3 is 3.12 bits per heavy atom. The summed E-state index contributed by atoms with van der Waals surface area (Å²) in [4.78, 5) is 16.0. The molecule has 2 heterocycles. The van der Waals surface area contributed by atoms with Gasteiger partial charge in [-0.2, -0.15) is 0 Å². The van der Waals surface area contributed by atoms with Crippen LogP contribution in [0, 0.1) is 5.92 Å². The van der Waals surface area contributed by atoms with Crippen molar-refractivity contribution >= 4 is 11.7 Å². The summed E-state index contributed by atoms with van der Waals surface area (Å²) in [6, 6.07) is 5.41. The largest absolute Gasteiger partial charge is 0.309 e. The van der Waals surface area contributed by atoms with E-state index >= 15 is 0 Å². The first-order valence-corrected chi connectivity index (χ1v) is 5.71. The Bertz CT molecular complexity index is 353. The van der Waals surface area contributed by atoms with Crippen LogP contribution >= 0.6 is 0 Å². The van der Waals surface area contributed by atoms with Gasteiger partial charge >= 0.3 is 0 Å². The number of pyridine rings is 1. The van der Waals surface area contributed by atoms with Crippen LogP contribution in [0.1, 0.15) is 19.8 Å². The maximum Gasteiger partial charge on any atom is 0.242 e. The molecule has 2 rings (SSSR count). The number of piperidine rings is 1. The van der Waals surface area contributed by atoms with E-state index in [0.717, 1.165) is 19.4 Å². The van der Waals surface area contributed by atoms with Gasteiger partial charge in [0.05, 0.1) is 6.04 Å². The van der Waals surface area contributed by atoms with Crippen LogP contribution in [-0.4, -0.2) is 23.5 Å². The van der Waals surface area contributed by atoms with Crippen molar-refractivity contribution in [2.45, 2.75) is 25.8 Å². The van der Waals surface area contributed by atoms with Crippen LogP contribution in [0.15, 0.2) is 24.4 Å². The summed E-state index contributed by atoms with van der Waals surface area (Å²) in [7, 11) is 0. The van der Waals surface area contributed by atoms with E-state index in [1.54, 1.807) is 12.3 Å². The summed E-state index contributed by atoms with van der Waals surface area (Å²) in [6.07, 6.45) is 3.72. The molecular formula is C12H17N3O. The van der Waals surface area contributed by atoms with Gasteiger partial charge in [-0.05, 0) is 37.4 Å². The van der Waals surface area contributed by atoms with Crippen LogP contribution < -0.4 is 10.6 Å². The smallest absolute Gasteiger partial charge is 0.242 e. The van der Waals surface area contributed by atoms with Gasteiger partial charge in [-0.3, -0.25) is 4.79 Å². The standard InChI is InChI=1S/C12H17N3O/c1-9-5-7-13-10(8-9)12(16)15-11-4-2-3-6-14-11/h2-4,6,9-10,13H,5,7-8H2,1H3,(H,14,15,16). The highest BCUT2D eigenvalue weighted by Crippen LogP contribution is 2.16. The number of nitrogens with zero attached hydrogens (tertiary/aromatic N) is 1. The first-order valence-electron chi connectivity index (χ1n) is 5.71. The Hall–Kier alpha value is -1.42. The van der Waals surface area contributed by atoms with Gasteiger partial charge in [-0.15, -0.1) is 0 Å². The van der Waals surface area contributed by atoms with Gasteiger partial charge in [0.2, 0.25) is 5.91 Å². The summed E-state index contributed by atoms with van der Waals surface area (Å²) in [5.41, 5.74) is 0. The summed E-state index contributed by atoms with van der Waals surface area (Å²) >= 11 is 0. The minimum Gasteiger partial charge on any atom is -0.309 e. The van der Waals surface area contributed by atoms with Crippen molar-refractivity contribution in [1.82, 2.24) is 10.3 Å². The maximum absolute atomic E-state index is 11.9. The lowest BCUT2D eigenvalue weighted by Gasteiger charge is -2.26. The predicted molar refractivity (Wildman–Crippen MR) is 63.1 cm³/mol. The molecule has 0 aromatic carbocycles. The number of carbonyl (C=O) groups excluding carboxylic acids is 1. The highest BCUT2D eigenvalue weighted by Gasteiger charge is 2.24. The molecule has 16 heavy (non-hydrogen) atoms. The van der Waals surface area contributed by atoms with Crippen LogP contribution in [0.2, 0.25) is 0 Å². The zero-order chi connectivity index (χ0) is 11.4. The lowest BCUT2D eigenvalue weighted by Crippen LogP contribution is -2.45. The van der Waals surface area contributed by atoms with Crippen molar-refractivity contribution in [3.8, 4) is 0 Å². The van der Waals surface area contributed by atoms with E-state index in [-0.39, 0.29) is 11.9 Å². The van der Waals surface area contributed by atoms with Gasteiger partial charge in [0, 0.05) is 6.20 Å². The number of amides is 1. The first-order chi connectivity index (χ1) is 7.75. The van der Waals surface area contributed by atoms with Crippen molar-refractivity contribution in [2.75, 3.05) is 11.9 Å². The molecule has 1 fully saturated rings. The maximum atomic E-state index is 11.9. The minimum atomic E-state index is -0.0780. The Morgan fingerprint density at radius 1 is 1.56 bits per heavy atom. The second-order valence-electron chi connectivity index (χ2n) is 4.34. The lowest BCUT2D eigenvalue weighted by molar-refractivity contribution is -0.119. The fraction of sp³-hybridized carbons (Fsp3) is 0.500. The predicted octanol–water partition coefficient (Wildman–Crippen LogP) is 1.41. The molecule has 0 bridgehead atoms. The molecule has 2 N–H and O–H groups in total. The Balaban J connectivity index is 1.93. The lowest BCUT2D eigenvalue weighted by atomic mass is 9.94. The molecule has 86 valence electrons. The fourth-order valence-corrected chi connectivity index (χ4v) is 1.96. The van der Waals surface area contributed by atoms with E-state index in [0.29, 0.717) is 11.7 Å². The van der Waals surface area contributed by atoms with Gasteiger partial charge in [0.15, 0.2) is 0 Å². The molecule has 1 aromatic rings. The number of aromatic nitrogens is 1. The molecule has 2 unspecified atom stereocenters. The number of hydrogen-bond donors (Lipinski definition) is 2. The number of carbonyl (C=O) groups is 1. The normalized spacial score (nSPS) is 25.1. The van der Waals surface area contributed by atoms with Crippen molar-refractivity contribution in [3.63, 3.8) is 0 Å². The van der Waals surface area contributed by atoms with E-state index < -0.39 is 0 Å². The average Bonchev–Trinajstić information content (AvgIpc) is 2.30. The quantitative estimate of drug-likeness (QED) is 0.790. The Morgan fingerprint density at radius 2 is 2.44 bits per heavy atom. The Kier molecular flexibility index (Phi) is 3.51. The minimum absolute atomic E-state index is 0.0188. The number of anilines is 1. The van der Waals surface area contributed by atoms with E-state index in [2.05, 4.69) is 22.5 Å². The van der Waals surface area contributed by atoms with Crippen molar-refractivity contribution in [1.29, 1.82) is 0 Å². The van der Waals surface area contributed by atoms with Crippen LogP contribution in [-0.2, 0) is 4.79 Å². The van der Waals surface area contributed by atoms with Crippen LogP contribution in [0.3, 0.4) is 0 Å². The number of hydrogen-bond acceptors (Lipinski definition) is 3. The zero-order valence-corrected chi connectivity index (χ0v) is 9.44. The molecule has 1 aliphatic rings. The van der Waals surface area contributed by atoms with E-state index in [1.165, 1.54) is 0 Å². The van der Waals surface area contributed by atoms with Crippen molar-refractivity contribution in [2.24, 2.45) is 5.92 Å². The molecule has 1 saturated heterocycles. The highest BCUT2D eigenvalue weighted by atomic mass is 16.2. The number of rotatable bonds is 2. The van der Waals surface area contributed by atoms with Crippen molar-refractivity contribution < 1.29 is 4.79 Å². The SMILES string of the molecule is CC1CCNC(C(=O)Nc2ccccn2)C1. The molecule has 0 spiro atoms. The fourth-order valence-electron chi connectivity index (χ4n) is 1.96. The van der Waals surface area contributed by atoms with Crippen LogP contribution in [0.25, 0.3) is 0 Å². The van der Waals surface area contributed by atoms with E-state index in [4.69, 9.17) is 0 Å². The third-order valence-corrected chi connectivity index (χ3v) is 2.90. The summed E-state index contributed by atoms with van der Waals surface area (Å²) in [5, 5.41) is 6.05.